The van der Waals surface area contributed by atoms with E-state index >= 15 is 0 Å². The Labute approximate surface area is 215 Å². The van der Waals surface area contributed by atoms with Crippen molar-refractivity contribution in [1.29, 1.82) is 0 Å². The van der Waals surface area contributed by atoms with Gasteiger partial charge in [-0.2, -0.15) is 0 Å². The zero-order valence-corrected chi connectivity index (χ0v) is 21.6. The second-order valence-electron chi connectivity index (χ2n) is 7.44. The van der Waals surface area contributed by atoms with Crippen molar-refractivity contribution in [2.24, 2.45) is 5.14 Å². The molecular weight excluding hydrogens is 519 g/mol. The molecule has 0 heterocycles. The third-order valence-electron chi connectivity index (χ3n) is 4.96. The van der Waals surface area contributed by atoms with E-state index in [9.17, 15) is 8.42 Å². The molecule has 0 fully saturated rings. The lowest BCUT2D eigenvalue weighted by Crippen LogP contribution is -2.17. The number of primary sulfonamides is 1. The number of rotatable bonds is 11. The number of benzene rings is 3. The van der Waals surface area contributed by atoms with Gasteiger partial charge in [-0.1, -0.05) is 53.0 Å². The van der Waals surface area contributed by atoms with Gasteiger partial charge in [0.25, 0.3) is 0 Å². The first kappa shape index (κ1) is 26.6. The van der Waals surface area contributed by atoms with Gasteiger partial charge in [-0.15, -0.1) is 0 Å². The molecule has 0 aliphatic carbocycles. The molecule has 0 aliphatic heterocycles. The van der Waals surface area contributed by atoms with Crippen molar-refractivity contribution in [3.05, 3.63) is 86.4 Å². The molecule has 6 nitrogen and oxygen atoms in total. The van der Waals surface area contributed by atoms with Crippen molar-refractivity contribution in [1.82, 2.24) is 5.32 Å². The number of hydrogen-bond donors (Lipinski definition) is 2. The molecule has 182 valence electrons. The molecule has 3 aromatic rings. The third-order valence-corrected chi connectivity index (χ3v) is 6.88. The Morgan fingerprint density at radius 2 is 1.59 bits per heavy atom. The maximum Gasteiger partial charge on any atom is 0.238 e. The standard InChI is InChI=1S/C24H25Cl3N2O4S/c1-2-32-23-13-17(14-29-11-10-16-6-8-18(9-7-16)34(28,30)31)12-22(27)24(23)33-15-19-20(25)4-3-5-21(19)26/h3-9,12-13,29H,2,10-11,14-15H2,1H3,(H2,28,30,31). The molecule has 0 saturated heterocycles. The Balaban J connectivity index is 1.62. The predicted molar refractivity (Wildman–Crippen MR) is 137 cm³/mol. The molecule has 0 unspecified atom stereocenters. The van der Waals surface area contributed by atoms with E-state index in [0.717, 1.165) is 17.5 Å². The summed E-state index contributed by atoms with van der Waals surface area (Å²) in [6.07, 6.45) is 0.719. The van der Waals surface area contributed by atoms with Gasteiger partial charge in [0, 0.05) is 22.2 Å². The van der Waals surface area contributed by atoms with Gasteiger partial charge in [-0.3, -0.25) is 0 Å². The van der Waals surface area contributed by atoms with Crippen LogP contribution >= 0.6 is 34.8 Å². The summed E-state index contributed by atoms with van der Waals surface area (Å²) in [5.74, 6) is 0.965. The molecule has 34 heavy (non-hydrogen) atoms. The zero-order chi connectivity index (χ0) is 24.7. The van der Waals surface area contributed by atoms with Gasteiger partial charge >= 0.3 is 0 Å². The first-order valence-electron chi connectivity index (χ1n) is 10.5. The lowest BCUT2D eigenvalue weighted by molar-refractivity contribution is 0.269. The van der Waals surface area contributed by atoms with Crippen LogP contribution in [0.1, 0.15) is 23.6 Å². The molecule has 0 bridgehead atoms. The van der Waals surface area contributed by atoms with Crippen LogP contribution in [0.2, 0.25) is 15.1 Å². The van der Waals surface area contributed by atoms with Crippen LogP contribution in [0.15, 0.2) is 59.5 Å². The van der Waals surface area contributed by atoms with Gasteiger partial charge in [0.05, 0.1) is 16.5 Å². The third kappa shape index (κ3) is 7.25. The number of halogens is 3. The number of nitrogens with one attached hydrogen (secondary N) is 1. The van der Waals surface area contributed by atoms with Crippen LogP contribution in [-0.4, -0.2) is 21.6 Å². The average molecular weight is 544 g/mol. The summed E-state index contributed by atoms with van der Waals surface area (Å²) in [6.45, 7) is 3.73. The van der Waals surface area contributed by atoms with Crippen molar-refractivity contribution in [2.45, 2.75) is 31.4 Å². The lowest BCUT2D eigenvalue weighted by Gasteiger charge is -2.16. The molecule has 3 aromatic carbocycles. The quantitative estimate of drug-likeness (QED) is 0.307. The van der Waals surface area contributed by atoms with E-state index in [1.54, 1.807) is 30.3 Å². The number of nitrogens with two attached hydrogens (primary N) is 1. The van der Waals surface area contributed by atoms with Gasteiger partial charge in [0.2, 0.25) is 10.0 Å². The fourth-order valence-electron chi connectivity index (χ4n) is 3.25. The van der Waals surface area contributed by atoms with Gasteiger partial charge in [-0.05, 0) is 67.4 Å². The van der Waals surface area contributed by atoms with Crippen molar-refractivity contribution in [3.8, 4) is 11.5 Å². The van der Waals surface area contributed by atoms with Crippen molar-refractivity contribution < 1.29 is 17.9 Å². The van der Waals surface area contributed by atoms with E-state index in [1.165, 1.54) is 12.1 Å². The first-order chi connectivity index (χ1) is 16.2. The summed E-state index contributed by atoms with van der Waals surface area (Å²) in [6, 6.07) is 15.5. The fraction of sp³-hybridized carbons (Fsp3) is 0.250. The molecular formula is C24H25Cl3N2O4S. The summed E-state index contributed by atoms with van der Waals surface area (Å²) < 4.78 is 34.4. The zero-order valence-electron chi connectivity index (χ0n) is 18.5. The molecule has 0 atom stereocenters. The molecule has 0 radical (unpaired) electrons. The number of sulfonamides is 1. The van der Waals surface area contributed by atoms with Crippen LogP contribution in [0.25, 0.3) is 0 Å². The topological polar surface area (TPSA) is 90.6 Å². The highest BCUT2D eigenvalue weighted by Crippen LogP contribution is 2.38. The van der Waals surface area contributed by atoms with E-state index in [2.05, 4.69) is 5.32 Å². The SMILES string of the molecule is CCOc1cc(CNCCc2ccc(S(N)(=O)=O)cc2)cc(Cl)c1OCc1c(Cl)cccc1Cl. The van der Waals surface area contributed by atoms with Gasteiger partial charge < -0.3 is 14.8 Å². The molecule has 0 amide bonds. The number of hydrogen-bond acceptors (Lipinski definition) is 5. The summed E-state index contributed by atoms with van der Waals surface area (Å²) in [7, 11) is -3.69. The Bertz CT molecular complexity index is 1220. The minimum Gasteiger partial charge on any atom is -0.490 e. The summed E-state index contributed by atoms with van der Waals surface area (Å²) >= 11 is 19.0. The van der Waals surface area contributed by atoms with Crippen LogP contribution < -0.4 is 19.9 Å². The van der Waals surface area contributed by atoms with Crippen LogP contribution in [0.5, 0.6) is 11.5 Å². The first-order valence-corrected chi connectivity index (χ1v) is 13.2. The Kier molecular flexibility index (Phi) is 9.47. The van der Waals surface area contributed by atoms with Crippen LogP contribution in [-0.2, 0) is 29.6 Å². The van der Waals surface area contributed by atoms with Crippen LogP contribution in [0.3, 0.4) is 0 Å². The monoisotopic (exact) mass is 542 g/mol. The fourth-order valence-corrected chi connectivity index (χ4v) is 4.56. The second-order valence-corrected chi connectivity index (χ2v) is 10.2. The highest BCUT2D eigenvalue weighted by molar-refractivity contribution is 7.89. The molecule has 0 aromatic heterocycles. The molecule has 10 heteroatoms. The maximum absolute atomic E-state index is 11.4. The predicted octanol–water partition coefficient (Wildman–Crippen LogP) is 5.60. The van der Waals surface area contributed by atoms with E-state index in [4.69, 9.17) is 49.4 Å². The highest BCUT2D eigenvalue weighted by atomic mass is 35.5. The Morgan fingerprint density at radius 3 is 2.21 bits per heavy atom. The van der Waals surface area contributed by atoms with E-state index in [0.29, 0.717) is 51.8 Å². The smallest absolute Gasteiger partial charge is 0.238 e. The number of ether oxygens (including phenoxy) is 2. The van der Waals surface area contributed by atoms with E-state index < -0.39 is 10.0 Å². The average Bonchev–Trinajstić information content (AvgIpc) is 2.78. The normalized spacial score (nSPS) is 11.4. The van der Waals surface area contributed by atoms with Crippen molar-refractivity contribution in [3.63, 3.8) is 0 Å². The lowest BCUT2D eigenvalue weighted by atomic mass is 10.1. The molecule has 0 aliphatic rings. The minimum absolute atomic E-state index is 0.0985. The summed E-state index contributed by atoms with van der Waals surface area (Å²) in [4.78, 5) is 0.0985. The van der Waals surface area contributed by atoms with Crippen LogP contribution in [0, 0.1) is 0 Å². The second kappa shape index (κ2) is 12.1. The Hall–Kier alpha value is -2.00. The maximum atomic E-state index is 11.4. The van der Waals surface area contributed by atoms with E-state index in [-0.39, 0.29) is 11.5 Å². The summed E-state index contributed by atoms with van der Waals surface area (Å²) in [5, 5.41) is 9.93. The highest BCUT2D eigenvalue weighted by Gasteiger charge is 2.15. The molecule has 0 saturated carbocycles. The van der Waals surface area contributed by atoms with Crippen molar-refractivity contribution in [2.75, 3.05) is 13.2 Å². The van der Waals surface area contributed by atoms with Gasteiger partial charge in [0.15, 0.2) is 11.5 Å². The summed E-state index contributed by atoms with van der Waals surface area (Å²) in [5.41, 5.74) is 2.60. The molecule has 3 N–H and O–H groups in total. The van der Waals surface area contributed by atoms with Gasteiger partial charge in [0.1, 0.15) is 6.61 Å². The largest absolute Gasteiger partial charge is 0.490 e. The van der Waals surface area contributed by atoms with Gasteiger partial charge in [-0.25, -0.2) is 13.6 Å². The molecule has 0 spiro atoms. The van der Waals surface area contributed by atoms with E-state index in [1.807, 2.05) is 19.1 Å². The Morgan fingerprint density at radius 1 is 0.912 bits per heavy atom. The molecule has 3 rings (SSSR count). The minimum atomic E-state index is -3.69. The van der Waals surface area contributed by atoms with Crippen LogP contribution in [0.4, 0.5) is 0 Å². The van der Waals surface area contributed by atoms with Crippen molar-refractivity contribution >= 4 is 44.8 Å².